The Morgan fingerprint density at radius 2 is 2.11 bits per heavy atom. The third-order valence-electron chi connectivity index (χ3n) is 3.97. The molecule has 2 unspecified atom stereocenters. The molecule has 4 nitrogen and oxygen atoms in total. The van der Waals surface area contributed by atoms with Crippen molar-refractivity contribution in [1.29, 1.82) is 0 Å². The van der Waals surface area contributed by atoms with Gasteiger partial charge in [-0.15, -0.1) is 0 Å². The number of thioether (sulfide) groups is 1. The molecule has 0 aromatic rings. The Bertz CT molecular complexity index is 332. The van der Waals surface area contributed by atoms with Gasteiger partial charge in [0.15, 0.2) is 0 Å². The van der Waals surface area contributed by atoms with Crippen LogP contribution in [-0.2, 0) is 9.59 Å². The van der Waals surface area contributed by atoms with E-state index in [0.717, 1.165) is 18.1 Å². The van der Waals surface area contributed by atoms with Gasteiger partial charge < -0.3 is 10.0 Å². The Labute approximate surface area is 113 Å². The van der Waals surface area contributed by atoms with Crippen molar-refractivity contribution in [1.82, 2.24) is 4.90 Å². The summed E-state index contributed by atoms with van der Waals surface area (Å²) in [5.74, 6) is 0.915. The number of carboxylic acids is 1. The van der Waals surface area contributed by atoms with E-state index in [1.165, 1.54) is 0 Å². The molecule has 1 aliphatic rings. The maximum absolute atomic E-state index is 12.3. The summed E-state index contributed by atoms with van der Waals surface area (Å²) in [4.78, 5) is 25.5. The highest BCUT2D eigenvalue weighted by Gasteiger charge is 2.40. The summed E-state index contributed by atoms with van der Waals surface area (Å²) in [7, 11) is 0. The Morgan fingerprint density at radius 3 is 2.56 bits per heavy atom. The van der Waals surface area contributed by atoms with Crippen LogP contribution in [0.1, 0.15) is 34.1 Å². The first-order valence-electron chi connectivity index (χ1n) is 6.39. The van der Waals surface area contributed by atoms with E-state index in [9.17, 15) is 14.7 Å². The lowest BCUT2D eigenvalue weighted by molar-refractivity contribution is -0.156. The number of carbonyl (C=O) groups excluding carboxylic acids is 1. The number of hydrogen-bond donors (Lipinski definition) is 1. The zero-order valence-electron chi connectivity index (χ0n) is 11.6. The fraction of sp³-hybridized carbons (Fsp3) is 0.846. The zero-order valence-corrected chi connectivity index (χ0v) is 12.4. The summed E-state index contributed by atoms with van der Waals surface area (Å²) in [6.07, 6.45) is 0.0923. The van der Waals surface area contributed by atoms with E-state index < -0.39 is 11.4 Å². The first-order chi connectivity index (χ1) is 8.29. The van der Waals surface area contributed by atoms with Gasteiger partial charge in [0.2, 0.25) is 5.91 Å². The number of rotatable bonds is 4. The largest absolute Gasteiger partial charge is 0.481 e. The van der Waals surface area contributed by atoms with Crippen molar-refractivity contribution in [2.24, 2.45) is 11.3 Å². The van der Waals surface area contributed by atoms with Gasteiger partial charge in [0, 0.05) is 30.5 Å². The summed E-state index contributed by atoms with van der Waals surface area (Å²) in [5.41, 5.74) is -0.971. The van der Waals surface area contributed by atoms with E-state index in [1.54, 1.807) is 6.92 Å². The molecule has 0 aliphatic carbocycles. The average Bonchev–Trinajstić information content (AvgIpc) is 2.28. The van der Waals surface area contributed by atoms with Crippen LogP contribution in [0, 0.1) is 11.3 Å². The van der Waals surface area contributed by atoms with Crippen LogP contribution in [0.4, 0.5) is 0 Å². The monoisotopic (exact) mass is 273 g/mol. The van der Waals surface area contributed by atoms with E-state index in [4.69, 9.17) is 0 Å². The normalized spacial score (nSPS) is 23.8. The molecule has 1 rings (SSSR count). The fourth-order valence-corrected chi connectivity index (χ4v) is 3.05. The van der Waals surface area contributed by atoms with Crippen molar-refractivity contribution in [3.8, 4) is 0 Å². The molecular formula is C13H23NO3S. The van der Waals surface area contributed by atoms with Gasteiger partial charge in [-0.05, 0) is 19.8 Å². The third kappa shape index (κ3) is 3.19. The molecule has 1 heterocycles. The smallest absolute Gasteiger partial charge is 0.310 e. The summed E-state index contributed by atoms with van der Waals surface area (Å²) in [6, 6.07) is 0.210. The fourth-order valence-electron chi connectivity index (χ4n) is 2.04. The van der Waals surface area contributed by atoms with Gasteiger partial charge in [0.25, 0.3) is 0 Å². The van der Waals surface area contributed by atoms with Gasteiger partial charge in [0.1, 0.15) is 0 Å². The van der Waals surface area contributed by atoms with Gasteiger partial charge in [-0.2, -0.15) is 11.8 Å². The maximum atomic E-state index is 12.3. The van der Waals surface area contributed by atoms with Crippen LogP contribution < -0.4 is 0 Å². The minimum Gasteiger partial charge on any atom is -0.481 e. The molecule has 5 heteroatoms. The molecule has 0 aromatic carbocycles. The van der Waals surface area contributed by atoms with Crippen LogP contribution in [-0.4, -0.2) is 46.0 Å². The van der Waals surface area contributed by atoms with E-state index in [0.29, 0.717) is 0 Å². The van der Waals surface area contributed by atoms with Crippen molar-refractivity contribution < 1.29 is 14.7 Å². The molecule has 0 aromatic heterocycles. The second-order valence-corrected chi connectivity index (χ2v) is 6.71. The first kappa shape index (κ1) is 15.3. The molecule has 0 bridgehead atoms. The molecule has 104 valence electrons. The topological polar surface area (TPSA) is 57.6 Å². The minimum absolute atomic E-state index is 0.0265. The van der Waals surface area contributed by atoms with Crippen LogP contribution in [0.25, 0.3) is 0 Å². The van der Waals surface area contributed by atoms with Gasteiger partial charge in [-0.3, -0.25) is 9.59 Å². The standard InChI is InChI=1S/C13H23NO3S/c1-9(2)13(4,12(16)17)7-11(15)14-5-6-18-8-10(14)3/h9-10H,5-8H2,1-4H3,(H,16,17). The van der Waals surface area contributed by atoms with Crippen LogP contribution in [0.15, 0.2) is 0 Å². The highest BCUT2D eigenvalue weighted by Crippen LogP contribution is 2.33. The molecule has 1 saturated heterocycles. The predicted molar refractivity (Wildman–Crippen MR) is 73.7 cm³/mol. The number of hydrogen-bond acceptors (Lipinski definition) is 3. The van der Waals surface area contributed by atoms with Crippen molar-refractivity contribution in [3.63, 3.8) is 0 Å². The lowest BCUT2D eigenvalue weighted by Crippen LogP contribution is -2.47. The van der Waals surface area contributed by atoms with E-state index in [1.807, 2.05) is 37.4 Å². The van der Waals surface area contributed by atoms with E-state index >= 15 is 0 Å². The molecule has 0 saturated carbocycles. The van der Waals surface area contributed by atoms with Crippen LogP contribution >= 0.6 is 11.8 Å². The van der Waals surface area contributed by atoms with Crippen LogP contribution in [0.3, 0.4) is 0 Å². The first-order valence-corrected chi connectivity index (χ1v) is 7.55. The Hall–Kier alpha value is -0.710. The molecule has 2 atom stereocenters. The van der Waals surface area contributed by atoms with Gasteiger partial charge >= 0.3 is 5.97 Å². The highest BCUT2D eigenvalue weighted by atomic mass is 32.2. The number of carboxylic acid groups (broad SMARTS) is 1. The molecule has 0 spiro atoms. The lowest BCUT2D eigenvalue weighted by Gasteiger charge is -2.36. The number of amides is 1. The summed E-state index contributed by atoms with van der Waals surface area (Å²) in [5, 5.41) is 9.34. The molecule has 1 amide bonds. The summed E-state index contributed by atoms with van der Waals surface area (Å²) in [6.45, 7) is 8.14. The predicted octanol–water partition coefficient (Wildman–Crippen LogP) is 2.09. The van der Waals surface area contributed by atoms with E-state index in [2.05, 4.69) is 0 Å². The Kier molecular flexibility index (Phi) is 5.08. The summed E-state index contributed by atoms with van der Waals surface area (Å²) < 4.78 is 0. The second kappa shape index (κ2) is 5.95. The molecule has 1 N–H and O–H groups in total. The minimum atomic E-state index is -0.971. The van der Waals surface area contributed by atoms with Gasteiger partial charge in [0.05, 0.1) is 5.41 Å². The summed E-state index contributed by atoms with van der Waals surface area (Å²) >= 11 is 1.84. The molecule has 1 aliphatic heterocycles. The van der Waals surface area contributed by atoms with Crippen LogP contribution in [0.2, 0.25) is 0 Å². The van der Waals surface area contributed by atoms with Crippen molar-refractivity contribution in [3.05, 3.63) is 0 Å². The average molecular weight is 273 g/mol. The molecule has 18 heavy (non-hydrogen) atoms. The molecule has 1 fully saturated rings. The second-order valence-electron chi connectivity index (χ2n) is 5.57. The quantitative estimate of drug-likeness (QED) is 0.852. The van der Waals surface area contributed by atoms with Gasteiger partial charge in [-0.25, -0.2) is 0 Å². The van der Waals surface area contributed by atoms with Crippen LogP contribution in [0.5, 0.6) is 0 Å². The highest BCUT2D eigenvalue weighted by molar-refractivity contribution is 7.99. The number of nitrogens with zero attached hydrogens (tertiary/aromatic N) is 1. The van der Waals surface area contributed by atoms with Gasteiger partial charge in [-0.1, -0.05) is 13.8 Å². The van der Waals surface area contributed by atoms with Crippen molar-refractivity contribution in [2.45, 2.75) is 40.2 Å². The number of aliphatic carboxylic acids is 1. The zero-order chi connectivity index (χ0) is 13.9. The molecule has 0 radical (unpaired) electrons. The maximum Gasteiger partial charge on any atom is 0.310 e. The molecular weight excluding hydrogens is 250 g/mol. The third-order valence-corrected chi connectivity index (χ3v) is 5.16. The number of carbonyl (C=O) groups is 2. The lowest BCUT2D eigenvalue weighted by atomic mass is 9.76. The van der Waals surface area contributed by atoms with E-state index in [-0.39, 0.29) is 24.3 Å². The Morgan fingerprint density at radius 1 is 1.50 bits per heavy atom. The Balaban J connectivity index is 2.75. The van der Waals surface area contributed by atoms with Crippen molar-refractivity contribution in [2.75, 3.05) is 18.1 Å². The SMILES string of the molecule is CC1CSCCN1C(=O)CC(C)(C(=O)O)C(C)C. The van der Waals surface area contributed by atoms with Crippen molar-refractivity contribution >= 4 is 23.6 Å².